The van der Waals surface area contributed by atoms with Gasteiger partial charge in [-0.25, -0.2) is 0 Å². The summed E-state index contributed by atoms with van der Waals surface area (Å²) in [5.41, 5.74) is 1.89. The van der Waals surface area contributed by atoms with E-state index in [0.717, 1.165) is 17.5 Å². The lowest BCUT2D eigenvalue weighted by Gasteiger charge is -2.02. The molecule has 0 aliphatic carbocycles. The molecule has 2 heterocycles. The first-order valence-corrected chi connectivity index (χ1v) is 6.89. The molecule has 3 rings (SSSR count). The number of pyridine rings is 1. The summed E-state index contributed by atoms with van der Waals surface area (Å²) in [4.78, 5) is 15.9. The van der Waals surface area contributed by atoms with Crippen LogP contribution >= 0.6 is 0 Å². The highest BCUT2D eigenvalue weighted by Crippen LogP contribution is 2.15. The van der Waals surface area contributed by atoms with Crippen LogP contribution < -0.4 is 5.32 Å². The van der Waals surface area contributed by atoms with Crippen molar-refractivity contribution < 1.29 is 9.21 Å². The van der Waals surface area contributed by atoms with Gasteiger partial charge < -0.3 is 9.73 Å². The highest BCUT2D eigenvalue weighted by Gasteiger charge is 2.15. The number of hydrogen-bond donors (Lipinski definition) is 1. The summed E-state index contributed by atoms with van der Waals surface area (Å²) < 4.78 is 5.37. The van der Waals surface area contributed by atoms with Crippen molar-refractivity contribution in [1.82, 2.24) is 20.5 Å². The molecule has 3 aromatic rings. The highest BCUT2D eigenvalue weighted by molar-refractivity contribution is 5.89. The van der Waals surface area contributed by atoms with Crippen molar-refractivity contribution in [2.75, 3.05) is 6.54 Å². The molecule has 1 aromatic carbocycles. The second-order valence-corrected chi connectivity index (χ2v) is 4.64. The van der Waals surface area contributed by atoms with Gasteiger partial charge in [0.05, 0.1) is 0 Å². The molecule has 0 saturated carbocycles. The van der Waals surface area contributed by atoms with Crippen molar-refractivity contribution in [3.05, 3.63) is 66.3 Å². The minimum Gasteiger partial charge on any atom is -0.412 e. The maximum atomic E-state index is 12.0. The zero-order valence-electron chi connectivity index (χ0n) is 11.8. The fourth-order valence-electron chi connectivity index (χ4n) is 1.97. The van der Waals surface area contributed by atoms with Crippen LogP contribution in [0.15, 0.2) is 59.3 Å². The Hall–Kier alpha value is -3.02. The van der Waals surface area contributed by atoms with Crippen LogP contribution in [0.5, 0.6) is 0 Å². The van der Waals surface area contributed by atoms with E-state index in [4.69, 9.17) is 4.42 Å². The highest BCUT2D eigenvalue weighted by atomic mass is 16.4. The van der Waals surface area contributed by atoms with Gasteiger partial charge in [-0.3, -0.25) is 9.78 Å². The standard InChI is InChI=1S/C16H14N4O2/c21-14(18-11-6-12-4-2-1-3-5-12)16-20-19-15(22-16)13-7-9-17-10-8-13/h1-5,7-10H,6,11H2,(H,18,21). The molecule has 0 fully saturated rings. The lowest BCUT2D eigenvalue weighted by molar-refractivity contribution is 0.0920. The van der Waals surface area contributed by atoms with E-state index in [2.05, 4.69) is 20.5 Å². The van der Waals surface area contributed by atoms with E-state index in [1.54, 1.807) is 24.5 Å². The average molecular weight is 294 g/mol. The predicted molar refractivity (Wildman–Crippen MR) is 80.0 cm³/mol. The largest absolute Gasteiger partial charge is 0.412 e. The maximum Gasteiger partial charge on any atom is 0.308 e. The van der Waals surface area contributed by atoms with Crippen LogP contribution in [0.4, 0.5) is 0 Å². The Morgan fingerprint density at radius 1 is 1.05 bits per heavy atom. The summed E-state index contributed by atoms with van der Waals surface area (Å²) in [6, 6.07) is 13.4. The van der Waals surface area contributed by atoms with Crippen LogP contribution in [-0.2, 0) is 6.42 Å². The van der Waals surface area contributed by atoms with E-state index in [-0.39, 0.29) is 11.8 Å². The minimum absolute atomic E-state index is 0.0418. The smallest absolute Gasteiger partial charge is 0.308 e. The molecule has 110 valence electrons. The first-order chi connectivity index (χ1) is 10.8. The van der Waals surface area contributed by atoms with Crippen LogP contribution in [0.25, 0.3) is 11.5 Å². The predicted octanol–water partition coefficient (Wildman–Crippen LogP) is 2.10. The molecule has 2 aromatic heterocycles. The number of amides is 1. The number of nitrogens with one attached hydrogen (secondary N) is 1. The molecule has 0 saturated heterocycles. The maximum absolute atomic E-state index is 12.0. The Bertz CT molecular complexity index is 741. The number of carbonyl (C=O) groups excluding carboxylic acids is 1. The van der Waals surface area contributed by atoms with Gasteiger partial charge in [-0.2, -0.15) is 0 Å². The normalized spacial score (nSPS) is 10.4. The van der Waals surface area contributed by atoms with E-state index in [9.17, 15) is 4.79 Å². The molecule has 0 unspecified atom stereocenters. The molecular formula is C16H14N4O2. The van der Waals surface area contributed by atoms with Gasteiger partial charge in [0.1, 0.15) is 0 Å². The average Bonchev–Trinajstić information content (AvgIpc) is 3.07. The van der Waals surface area contributed by atoms with Crippen LogP contribution in [0.1, 0.15) is 16.2 Å². The van der Waals surface area contributed by atoms with Gasteiger partial charge in [-0.1, -0.05) is 30.3 Å². The Morgan fingerprint density at radius 2 is 1.82 bits per heavy atom. The lowest BCUT2D eigenvalue weighted by atomic mass is 10.1. The van der Waals surface area contributed by atoms with E-state index >= 15 is 0 Å². The molecule has 6 heteroatoms. The van der Waals surface area contributed by atoms with Gasteiger partial charge in [0.25, 0.3) is 0 Å². The zero-order valence-corrected chi connectivity index (χ0v) is 11.8. The van der Waals surface area contributed by atoms with Crippen molar-refractivity contribution >= 4 is 5.91 Å². The molecule has 1 N–H and O–H groups in total. The topological polar surface area (TPSA) is 80.9 Å². The molecule has 0 spiro atoms. The fraction of sp³-hybridized carbons (Fsp3) is 0.125. The summed E-state index contributed by atoms with van der Waals surface area (Å²) in [5.74, 6) is -0.112. The molecule has 1 amide bonds. The molecule has 22 heavy (non-hydrogen) atoms. The molecule has 0 aliphatic heterocycles. The SMILES string of the molecule is O=C(NCCc1ccccc1)c1nnc(-c2ccncc2)o1. The van der Waals surface area contributed by atoms with Crippen LogP contribution in [-0.4, -0.2) is 27.6 Å². The molecule has 0 bridgehead atoms. The molecule has 0 atom stereocenters. The summed E-state index contributed by atoms with van der Waals surface area (Å²) in [7, 11) is 0. The Kier molecular flexibility index (Phi) is 4.20. The van der Waals surface area contributed by atoms with Crippen LogP contribution in [0, 0.1) is 0 Å². The van der Waals surface area contributed by atoms with Gasteiger partial charge in [-0.15, -0.1) is 10.2 Å². The minimum atomic E-state index is -0.372. The van der Waals surface area contributed by atoms with E-state index in [1.165, 1.54) is 0 Å². The fourth-order valence-corrected chi connectivity index (χ4v) is 1.97. The van der Waals surface area contributed by atoms with Gasteiger partial charge in [-0.05, 0) is 24.1 Å². The lowest BCUT2D eigenvalue weighted by Crippen LogP contribution is -2.25. The summed E-state index contributed by atoms with van der Waals surface area (Å²) in [5, 5.41) is 10.4. The number of benzene rings is 1. The van der Waals surface area contributed by atoms with Crippen molar-refractivity contribution in [2.45, 2.75) is 6.42 Å². The van der Waals surface area contributed by atoms with E-state index in [1.807, 2.05) is 30.3 Å². The van der Waals surface area contributed by atoms with Gasteiger partial charge >= 0.3 is 11.8 Å². The van der Waals surface area contributed by atoms with Crippen molar-refractivity contribution in [3.8, 4) is 11.5 Å². The van der Waals surface area contributed by atoms with Crippen molar-refractivity contribution in [3.63, 3.8) is 0 Å². The third-order valence-corrected chi connectivity index (χ3v) is 3.09. The zero-order chi connectivity index (χ0) is 15.2. The number of aromatic nitrogens is 3. The van der Waals surface area contributed by atoms with Crippen LogP contribution in [0.3, 0.4) is 0 Å². The third kappa shape index (κ3) is 3.35. The first kappa shape index (κ1) is 13.9. The number of nitrogens with zero attached hydrogens (tertiary/aromatic N) is 3. The first-order valence-electron chi connectivity index (χ1n) is 6.89. The number of rotatable bonds is 5. The molecule has 6 nitrogen and oxygen atoms in total. The van der Waals surface area contributed by atoms with Gasteiger partial charge in [0.15, 0.2) is 0 Å². The second-order valence-electron chi connectivity index (χ2n) is 4.64. The van der Waals surface area contributed by atoms with Gasteiger partial charge in [0, 0.05) is 24.5 Å². The third-order valence-electron chi connectivity index (χ3n) is 3.09. The summed E-state index contributed by atoms with van der Waals surface area (Å²) >= 11 is 0. The van der Waals surface area contributed by atoms with Crippen molar-refractivity contribution in [2.24, 2.45) is 0 Å². The molecular weight excluding hydrogens is 280 g/mol. The summed E-state index contributed by atoms with van der Waals surface area (Å²) in [6.07, 6.45) is 4.00. The van der Waals surface area contributed by atoms with E-state index in [0.29, 0.717) is 12.4 Å². The second kappa shape index (κ2) is 6.62. The molecule has 0 radical (unpaired) electrons. The van der Waals surface area contributed by atoms with E-state index < -0.39 is 0 Å². The van der Waals surface area contributed by atoms with Crippen molar-refractivity contribution in [1.29, 1.82) is 0 Å². The number of hydrogen-bond acceptors (Lipinski definition) is 5. The quantitative estimate of drug-likeness (QED) is 0.779. The monoisotopic (exact) mass is 294 g/mol. The number of carbonyl (C=O) groups is 1. The van der Waals surface area contributed by atoms with Gasteiger partial charge in [0.2, 0.25) is 5.89 Å². The Morgan fingerprint density at radius 3 is 2.59 bits per heavy atom. The molecule has 0 aliphatic rings. The summed E-state index contributed by atoms with van der Waals surface area (Å²) in [6.45, 7) is 0.510. The van der Waals surface area contributed by atoms with Crippen LogP contribution in [0.2, 0.25) is 0 Å². The Balaban J connectivity index is 1.58. The Labute approximate surface area is 127 Å².